The van der Waals surface area contributed by atoms with Crippen LogP contribution in [0.1, 0.15) is 34.8 Å². The summed E-state index contributed by atoms with van der Waals surface area (Å²) < 4.78 is 16.2. The van der Waals surface area contributed by atoms with Crippen LogP contribution in [0.3, 0.4) is 0 Å². The molecule has 0 aliphatic carbocycles. The maximum Gasteiger partial charge on any atom is 0.251 e. The number of benzene rings is 2. The molecule has 2 aliphatic rings. The van der Waals surface area contributed by atoms with Gasteiger partial charge in [0.05, 0.1) is 13.2 Å². The average molecular weight is 368 g/mol. The summed E-state index contributed by atoms with van der Waals surface area (Å²) in [5.41, 5.74) is 1.67. The number of carbonyl (C=O) groups excluding carboxylic acids is 1. The lowest BCUT2D eigenvalue weighted by atomic mass is 10.0. The lowest BCUT2D eigenvalue weighted by Crippen LogP contribution is -2.37. The average Bonchev–Trinajstić information content (AvgIpc) is 3.39. The van der Waals surface area contributed by atoms with Crippen molar-refractivity contribution < 1.29 is 19.0 Å². The van der Waals surface area contributed by atoms with Gasteiger partial charge in [0, 0.05) is 17.7 Å². The normalized spacial score (nSPS) is 16.9. The number of hydrogen-bond acceptors (Lipinski definition) is 5. The summed E-state index contributed by atoms with van der Waals surface area (Å²) in [6.07, 6.45) is 2.36. The Morgan fingerprint density at radius 2 is 1.93 bits per heavy atom. The number of hydrogen-bond donors (Lipinski definition) is 1. The largest absolute Gasteiger partial charge is 0.496 e. The van der Waals surface area contributed by atoms with Gasteiger partial charge in [-0.2, -0.15) is 0 Å². The van der Waals surface area contributed by atoms with E-state index in [0.717, 1.165) is 24.4 Å². The first-order chi connectivity index (χ1) is 13.3. The van der Waals surface area contributed by atoms with Gasteiger partial charge in [0.2, 0.25) is 6.79 Å². The van der Waals surface area contributed by atoms with Crippen LogP contribution < -0.4 is 19.5 Å². The maximum absolute atomic E-state index is 12.7. The fraction of sp³-hybridized carbons (Fsp3) is 0.381. The van der Waals surface area contributed by atoms with Crippen molar-refractivity contribution in [1.82, 2.24) is 10.2 Å². The van der Waals surface area contributed by atoms with Crippen LogP contribution in [0.4, 0.5) is 0 Å². The highest BCUT2D eigenvalue weighted by Crippen LogP contribution is 2.33. The van der Waals surface area contributed by atoms with Gasteiger partial charge in [-0.3, -0.25) is 9.69 Å². The zero-order valence-electron chi connectivity index (χ0n) is 15.4. The van der Waals surface area contributed by atoms with Crippen LogP contribution in [0.15, 0.2) is 42.5 Å². The molecular formula is C21H24N2O4. The third kappa shape index (κ3) is 3.71. The second kappa shape index (κ2) is 7.88. The van der Waals surface area contributed by atoms with E-state index in [4.69, 9.17) is 14.2 Å². The van der Waals surface area contributed by atoms with E-state index < -0.39 is 0 Å². The van der Waals surface area contributed by atoms with Crippen molar-refractivity contribution in [2.75, 3.05) is 33.5 Å². The van der Waals surface area contributed by atoms with Crippen LogP contribution in [-0.4, -0.2) is 44.3 Å². The van der Waals surface area contributed by atoms with E-state index in [2.05, 4.69) is 16.3 Å². The molecule has 1 unspecified atom stereocenters. The summed E-state index contributed by atoms with van der Waals surface area (Å²) in [5.74, 6) is 2.03. The number of ether oxygens (including phenoxy) is 3. The van der Waals surface area contributed by atoms with Crippen LogP contribution in [0.25, 0.3) is 0 Å². The van der Waals surface area contributed by atoms with Crippen molar-refractivity contribution >= 4 is 5.91 Å². The number of para-hydroxylation sites is 1. The minimum Gasteiger partial charge on any atom is -0.496 e. The number of methoxy groups -OCH3 is 1. The van der Waals surface area contributed by atoms with Gasteiger partial charge in [0.15, 0.2) is 11.5 Å². The van der Waals surface area contributed by atoms with E-state index in [1.165, 1.54) is 12.8 Å². The third-order valence-electron chi connectivity index (χ3n) is 5.17. The standard InChI is InChI=1S/C21H24N2O4/c1-25-18-7-3-2-6-16(18)17(23-10-4-5-11-23)13-22-21(24)15-8-9-19-20(12-15)27-14-26-19/h2-3,6-9,12,17H,4-5,10-11,13-14H2,1H3,(H,22,24). The predicted octanol–water partition coefficient (Wildman–Crippen LogP) is 2.99. The molecular weight excluding hydrogens is 344 g/mol. The second-order valence-corrected chi connectivity index (χ2v) is 6.78. The summed E-state index contributed by atoms with van der Waals surface area (Å²) in [6, 6.07) is 13.4. The van der Waals surface area contributed by atoms with Crippen LogP contribution in [0.5, 0.6) is 17.2 Å². The minimum atomic E-state index is -0.118. The molecule has 4 rings (SSSR count). The number of likely N-dealkylation sites (tertiary alicyclic amines) is 1. The monoisotopic (exact) mass is 368 g/mol. The highest BCUT2D eigenvalue weighted by Gasteiger charge is 2.26. The van der Waals surface area contributed by atoms with E-state index >= 15 is 0 Å². The minimum absolute atomic E-state index is 0.0848. The molecule has 0 radical (unpaired) electrons. The molecule has 6 heteroatoms. The number of nitrogens with one attached hydrogen (secondary N) is 1. The van der Waals surface area contributed by atoms with Crippen LogP contribution in [0, 0.1) is 0 Å². The van der Waals surface area contributed by atoms with Gasteiger partial charge >= 0.3 is 0 Å². The van der Waals surface area contributed by atoms with Crippen molar-refractivity contribution in [2.24, 2.45) is 0 Å². The van der Waals surface area contributed by atoms with Crippen molar-refractivity contribution in [3.63, 3.8) is 0 Å². The van der Waals surface area contributed by atoms with E-state index in [1.54, 1.807) is 25.3 Å². The van der Waals surface area contributed by atoms with E-state index in [1.807, 2.05) is 18.2 Å². The van der Waals surface area contributed by atoms with Gasteiger partial charge in [0.1, 0.15) is 5.75 Å². The molecule has 2 heterocycles. The first kappa shape index (κ1) is 17.7. The van der Waals surface area contributed by atoms with Gasteiger partial charge in [-0.1, -0.05) is 18.2 Å². The summed E-state index contributed by atoms with van der Waals surface area (Å²) in [6.45, 7) is 2.78. The number of nitrogens with zero attached hydrogens (tertiary/aromatic N) is 1. The molecule has 2 aromatic carbocycles. The summed E-state index contributed by atoms with van der Waals surface area (Å²) >= 11 is 0. The van der Waals surface area contributed by atoms with Gasteiger partial charge in [-0.25, -0.2) is 0 Å². The Kier molecular flexibility index (Phi) is 5.16. The SMILES string of the molecule is COc1ccccc1C(CNC(=O)c1ccc2c(c1)OCO2)N1CCCC1. The molecule has 142 valence electrons. The highest BCUT2D eigenvalue weighted by molar-refractivity contribution is 5.95. The number of fused-ring (bicyclic) bond motifs is 1. The molecule has 1 atom stereocenters. The topological polar surface area (TPSA) is 60.0 Å². The zero-order valence-corrected chi connectivity index (χ0v) is 15.4. The molecule has 0 saturated carbocycles. The molecule has 0 bridgehead atoms. The Labute approximate surface area is 159 Å². The first-order valence-corrected chi connectivity index (χ1v) is 9.31. The Morgan fingerprint density at radius 3 is 2.74 bits per heavy atom. The molecule has 1 saturated heterocycles. The molecule has 0 spiro atoms. The number of amides is 1. The fourth-order valence-electron chi connectivity index (χ4n) is 3.76. The molecule has 0 aromatic heterocycles. The lowest BCUT2D eigenvalue weighted by Gasteiger charge is -2.29. The van der Waals surface area contributed by atoms with Gasteiger partial charge in [-0.05, 0) is 50.2 Å². The Balaban J connectivity index is 1.51. The Morgan fingerprint density at radius 1 is 1.15 bits per heavy atom. The van der Waals surface area contributed by atoms with Gasteiger partial charge in [0.25, 0.3) is 5.91 Å². The number of rotatable bonds is 6. The summed E-state index contributed by atoms with van der Waals surface area (Å²) in [4.78, 5) is 15.1. The summed E-state index contributed by atoms with van der Waals surface area (Å²) in [7, 11) is 1.69. The zero-order chi connectivity index (χ0) is 18.6. The molecule has 27 heavy (non-hydrogen) atoms. The highest BCUT2D eigenvalue weighted by atomic mass is 16.7. The maximum atomic E-state index is 12.7. The van der Waals surface area contributed by atoms with Crippen LogP contribution >= 0.6 is 0 Å². The Bertz CT molecular complexity index is 818. The van der Waals surface area contributed by atoms with Crippen molar-refractivity contribution in [2.45, 2.75) is 18.9 Å². The molecule has 2 aliphatic heterocycles. The number of carbonyl (C=O) groups is 1. The van der Waals surface area contributed by atoms with Crippen LogP contribution in [-0.2, 0) is 0 Å². The quantitative estimate of drug-likeness (QED) is 0.849. The molecule has 1 fully saturated rings. The molecule has 2 aromatic rings. The van der Waals surface area contributed by atoms with Gasteiger partial charge in [-0.15, -0.1) is 0 Å². The van der Waals surface area contributed by atoms with Crippen LogP contribution in [0.2, 0.25) is 0 Å². The van der Waals surface area contributed by atoms with E-state index in [0.29, 0.717) is 23.6 Å². The first-order valence-electron chi connectivity index (χ1n) is 9.31. The molecule has 6 nitrogen and oxygen atoms in total. The Hall–Kier alpha value is -2.73. The van der Waals surface area contributed by atoms with E-state index in [-0.39, 0.29) is 18.7 Å². The third-order valence-corrected chi connectivity index (χ3v) is 5.17. The lowest BCUT2D eigenvalue weighted by molar-refractivity contribution is 0.0937. The molecule has 1 amide bonds. The molecule has 1 N–H and O–H groups in total. The summed E-state index contributed by atoms with van der Waals surface area (Å²) in [5, 5.41) is 3.08. The van der Waals surface area contributed by atoms with Crippen molar-refractivity contribution in [1.29, 1.82) is 0 Å². The van der Waals surface area contributed by atoms with Crippen molar-refractivity contribution in [3.8, 4) is 17.2 Å². The van der Waals surface area contributed by atoms with Crippen molar-refractivity contribution in [3.05, 3.63) is 53.6 Å². The second-order valence-electron chi connectivity index (χ2n) is 6.78. The fourth-order valence-corrected chi connectivity index (χ4v) is 3.76. The van der Waals surface area contributed by atoms with Gasteiger partial charge < -0.3 is 19.5 Å². The van der Waals surface area contributed by atoms with E-state index in [9.17, 15) is 4.79 Å². The smallest absolute Gasteiger partial charge is 0.251 e. The predicted molar refractivity (Wildman–Crippen MR) is 101 cm³/mol.